The fourth-order valence-corrected chi connectivity index (χ4v) is 4.20. The third-order valence-electron chi connectivity index (χ3n) is 5.97. The molecule has 0 aliphatic heterocycles. The Hall–Kier alpha value is -3.94. The predicted molar refractivity (Wildman–Crippen MR) is 130 cm³/mol. The number of nitrogens with zero attached hydrogens (tertiary/aromatic N) is 4. The van der Waals surface area contributed by atoms with E-state index in [0.29, 0.717) is 23.5 Å². The van der Waals surface area contributed by atoms with E-state index >= 15 is 0 Å². The minimum atomic E-state index is -0.213. The summed E-state index contributed by atoms with van der Waals surface area (Å²) in [5.74, 6) is 0.340. The number of benzene rings is 1. The number of nitrogens with two attached hydrogens (primary N) is 1. The van der Waals surface area contributed by atoms with Gasteiger partial charge in [-0.3, -0.25) is 9.59 Å². The van der Waals surface area contributed by atoms with Gasteiger partial charge in [0.15, 0.2) is 5.82 Å². The summed E-state index contributed by atoms with van der Waals surface area (Å²) >= 11 is 0. The van der Waals surface area contributed by atoms with Crippen LogP contribution in [0, 0.1) is 5.92 Å². The van der Waals surface area contributed by atoms with Crippen LogP contribution in [0.15, 0.2) is 55.0 Å². The van der Waals surface area contributed by atoms with E-state index < -0.39 is 0 Å². The number of rotatable bonds is 5. The van der Waals surface area contributed by atoms with E-state index in [1.807, 2.05) is 30.5 Å². The van der Waals surface area contributed by atoms with Gasteiger partial charge in [0.05, 0.1) is 0 Å². The highest BCUT2D eigenvalue weighted by Crippen LogP contribution is 2.40. The predicted octanol–water partition coefficient (Wildman–Crippen LogP) is 3.76. The van der Waals surface area contributed by atoms with Crippen molar-refractivity contribution in [2.24, 2.45) is 5.92 Å². The van der Waals surface area contributed by atoms with Gasteiger partial charge in [-0.05, 0) is 49.5 Å². The van der Waals surface area contributed by atoms with Crippen molar-refractivity contribution in [2.45, 2.75) is 26.2 Å². The summed E-state index contributed by atoms with van der Waals surface area (Å²) in [5, 5.41) is 7.18. The van der Waals surface area contributed by atoms with E-state index in [-0.39, 0.29) is 17.7 Å². The SMILES string of the molecule is C=C(C)C(=O)Nc1ccc(-c2cn3ncnc(N)c3c2C2=CCC(C(=O)N(C)C)CC2)cc1. The number of amides is 2. The van der Waals surface area contributed by atoms with Crippen LogP contribution >= 0.6 is 0 Å². The molecular formula is C25H28N6O2. The normalized spacial score (nSPS) is 15.7. The topological polar surface area (TPSA) is 106 Å². The minimum absolute atomic E-state index is 0.00844. The van der Waals surface area contributed by atoms with Crippen LogP contribution in [0.25, 0.3) is 22.2 Å². The molecule has 0 saturated heterocycles. The number of fused-ring (bicyclic) bond motifs is 1. The summed E-state index contributed by atoms with van der Waals surface area (Å²) in [6, 6.07) is 7.63. The molecule has 0 radical (unpaired) electrons. The van der Waals surface area contributed by atoms with E-state index in [1.54, 1.807) is 30.4 Å². The van der Waals surface area contributed by atoms with E-state index in [9.17, 15) is 9.59 Å². The maximum absolute atomic E-state index is 12.4. The standard InChI is InChI=1S/C25H28N6O2/c1-15(2)24(32)29-19-11-9-16(10-12-19)20-13-31-22(23(26)27-14-28-31)21(20)17-5-7-18(8-6-17)25(33)30(3)4/h5,9-14,18H,1,6-8H2,2-4H3,(H,29,32)(H2,26,27,28). The molecule has 2 heterocycles. The van der Waals surface area contributed by atoms with Gasteiger partial charge in [0, 0.05) is 48.6 Å². The van der Waals surface area contributed by atoms with Crippen LogP contribution in [0.2, 0.25) is 0 Å². The second-order valence-corrected chi connectivity index (χ2v) is 8.60. The molecule has 2 amide bonds. The molecule has 0 spiro atoms. The number of carbonyl (C=O) groups excluding carboxylic acids is 2. The fourth-order valence-electron chi connectivity index (χ4n) is 4.20. The molecule has 1 aliphatic carbocycles. The van der Waals surface area contributed by atoms with Crippen molar-refractivity contribution < 1.29 is 9.59 Å². The smallest absolute Gasteiger partial charge is 0.250 e. The summed E-state index contributed by atoms with van der Waals surface area (Å²) in [6.45, 7) is 5.34. The van der Waals surface area contributed by atoms with Crippen LogP contribution < -0.4 is 11.1 Å². The van der Waals surface area contributed by atoms with E-state index in [1.165, 1.54) is 6.33 Å². The molecule has 8 heteroatoms. The minimum Gasteiger partial charge on any atom is -0.382 e. The second kappa shape index (κ2) is 8.90. The lowest BCUT2D eigenvalue weighted by molar-refractivity contribution is -0.133. The van der Waals surface area contributed by atoms with Crippen molar-refractivity contribution in [1.29, 1.82) is 0 Å². The average Bonchev–Trinajstić information content (AvgIpc) is 3.20. The zero-order valence-corrected chi connectivity index (χ0v) is 19.1. The van der Waals surface area contributed by atoms with E-state index in [0.717, 1.165) is 40.6 Å². The molecule has 8 nitrogen and oxygen atoms in total. The third kappa shape index (κ3) is 4.37. The van der Waals surface area contributed by atoms with E-state index in [4.69, 9.17) is 5.73 Å². The molecule has 3 aromatic rings. The van der Waals surface area contributed by atoms with Crippen molar-refractivity contribution in [3.8, 4) is 11.1 Å². The molecule has 1 aliphatic rings. The molecule has 0 fully saturated rings. The van der Waals surface area contributed by atoms with Crippen molar-refractivity contribution in [3.63, 3.8) is 0 Å². The van der Waals surface area contributed by atoms with Crippen LogP contribution in [0.3, 0.4) is 0 Å². The quantitative estimate of drug-likeness (QED) is 0.583. The van der Waals surface area contributed by atoms with Gasteiger partial charge >= 0.3 is 0 Å². The lowest BCUT2D eigenvalue weighted by Crippen LogP contribution is -2.30. The zero-order chi connectivity index (χ0) is 23.7. The Morgan fingerprint density at radius 1 is 1.24 bits per heavy atom. The van der Waals surface area contributed by atoms with Gasteiger partial charge in [-0.2, -0.15) is 5.10 Å². The van der Waals surface area contributed by atoms with Crippen LogP contribution in [0.5, 0.6) is 0 Å². The number of anilines is 2. The van der Waals surface area contributed by atoms with Gasteiger partial charge in [0.2, 0.25) is 5.91 Å². The molecule has 33 heavy (non-hydrogen) atoms. The number of nitrogens with one attached hydrogen (secondary N) is 1. The lowest BCUT2D eigenvalue weighted by Gasteiger charge is -2.24. The van der Waals surface area contributed by atoms with Crippen LogP contribution in [-0.4, -0.2) is 45.4 Å². The lowest BCUT2D eigenvalue weighted by atomic mass is 9.84. The zero-order valence-electron chi connectivity index (χ0n) is 19.1. The number of nitrogen functional groups attached to an aromatic ring is 1. The largest absolute Gasteiger partial charge is 0.382 e. The Bertz CT molecular complexity index is 1270. The molecule has 1 aromatic carbocycles. The first kappa shape index (κ1) is 22.3. The van der Waals surface area contributed by atoms with Crippen LogP contribution in [0.4, 0.5) is 11.5 Å². The highest BCUT2D eigenvalue weighted by Gasteiger charge is 2.26. The van der Waals surface area contributed by atoms with Crippen LogP contribution in [0.1, 0.15) is 31.7 Å². The Labute approximate surface area is 192 Å². The van der Waals surface area contributed by atoms with Crippen molar-refractivity contribution in [3.05, 3.63) is 60.6 Å². The van der Waals surface area contributed by atoms with Gasteiger partial charge in [-0.1, -0.05) is 24.8 Å². The summed E-state index contributed by atoms with van der Waals surface area (Å²) in [6.07, 6.45) is 7.75. The average molecular weight is 445 g/mol. The number of carbonyl (C=O) groups is 2. The van der Waals surface area contributed by atoms with Gasteiger partial charge in [-0.15, -0.1) is 0 Å². The molecule has 3 N–H and O–H groups in total. The molecule has 1 atom stereocenters. The summed E-state index contributed by atoms with van der Waals surface area (Å²) in [7, 11) is 3.59. The maximum atomic E-state index is 12.4. The number of allylic oxidation sites excluding steroid dienone is 2. The Balaban J connectivity index is 1.74. The second-order valence-electron chi connectivity index (χ2n) is 8.60. The highest BCUT2D eigenvalue weighted by molar-refractivity contribution is 6.03. The van der Waals surface area contributed by atoms with Gasteiger partial charge in [0.1, 0.15) is 11.8 Å². The Morgan fingerprint density at radius 3 is 2.58 bits per heavy atom. The summed E-state index contributed by atoms with van der Waals surface area (Å²) in [5.41, 5.74) is 12.2. The number of aromatic nitrogens is 3. The van der Waals surface area contributed by atoms with E-state index in [2.05, 4.69) is 28.1 Å². The monoisotopic (exact) mass is 444 g/mol. The van der Waals surface area contributed by atoms with Gasteiger partial charge in [-0.25, -0.2) is 9.50 Å². The molecule has 0 saturated carbocycles. The molecule has 2 aromatic heterocycles. The molecular weight excluding hydrogens is 416 g/mol. The first-order valence-corrected chi connectivity index (χ1v) is 10.9. The number of hydrogen-bond acceptors (Lipinski definition) is 5. The summed E-state index contributed by atoms with van der Waals surface area (Å²) in [4.78, 5) is 30.2. The first-order valence-electron chi connectivity index (χ1n) is 10.9. The first-order chi connectivity index (χ1) is 15.8. The van der Waals surface area contributed by atoms with Crippen molar-refractivity contribution >= 4 is 34.4 Å². The fraction of sp³-hybridized carbons (Fsp3) is 0.280. The highest BCUT2D eigenvalue weighted by atomic mass is 16.2. The Kier molecular flexibility index (Phi) is 6.00. The molecule has 0 bridgehead atoms. The third-order valence-corrected chi connectivity index (χ3v) is 5.97. The van der Waals surface area contributed by atoms with Gasteiger partial charge in [0.25, 0.3) is 5.91 Å². The van der Waals surface area contributed by atoms with Crippen molar-refractivity contribution in [1.82, 2.24) is 19.5 Å². The van der Waals surface area contributed by atoms with Crippen molar-refractivity contribution in [2.75, 3.05) is 25.1 Å². The van der Waals surface area contributed by atoms with Gasteiger partial charge < -0.3 is 16.0 Å². The number of hydrogen-bond donors (Lipinski definition) is 2. The molecule has 4 rings (SSSR count). The molecule has 170 valence electrons. The van der Waals surface area contributed by atoms with Crippen LogP contribution in [-0.2, 0) is 9.59 Å². The summed E-state index contributed by atoms with van der Waals surface area (Å²) < 4.78 is 1.75. The Morgan fingerprint density at radius 2 is 1.97 bits per heavy atom. The molecule has 1 unspecified atom stereocenters. The maximum Gasteiger partial charge on any atom is 0.250 e.